The topological polar surface area (TPSA) is 132 Å². The van der Waals surface area contributed by atoms with Gasteiger partial charge in [0.05, 0.1) is 5.56 Å². The zero-order valence-electron chi connectivity index (χ0n) is 30.8. The monoisotopic (exact) mass is 682 g/mol. The molecule has 6 rings (SSSR count). The molecule has 4 aliphatic rings. The van der Waals surface area contributed by atoms with Crippen molar-refractivity contribution in [3.05, 3.63) is 75.3 Å². The SMILES string of the molecule is CCCC1CCC(Cc2cc(-c3ccc(O)c4c3C[C@]3(C)C[C@]5(C)C(C(C)C)C(O)=C(C(C)=O)C(=O)[C@]5(O)C(O)=C3C4=O)ccc2CC)CC1. The van der Waals surface area contributed by atoms with Crippen molar-refractivity contribution in [3.63, 3.8) is 0 Å². The number of aromatic hydroxyl groups is 1. The first-order chi connectivity index (χ1) is 23.5. The number of fused-ring (bicyclic) bond motifs is 3. The molecule has 1 unspecified atom stereocenters. The number of aliphatic hydroxyl groups is 3. The average Bonchev–Trinajstić information content (AvgIpc) is 3.03. The first-order valence-corrected chi connectivity index (χ1v) is 18.7. The molecule has 1 saturated carbocycles. The lowest BCUT2D eigenvalue weighted by molar-refractivity contribution is -0.171. The Morgan fingerprint density at radius 2 is 1.60 bits per heavy atom. The molecule has 7 nitrogen and oxygen atoms in total. The molecule has 268 valence electrons. The number of aliphatic hydroxyl groups excluding tert-OH is 2. The van der Waals surface area contributed by atoms with Gasteiger partial charge in [0, 0.05) is 22.3 Å². The zero-order chi connectivity index (χ0) is 36.5. The number of hydrogen-bond acceptors (Lipinski definition) is 7. The summed E-state index contributed by atoms with van der Waals surface area (Å²) in [5.41, 5.74) is -0.687. The Bertz CT molecular complexity index is 1820. The Balaban J connectivity index is 1.46. The lowest BCUT2D eigenvalue weighted by atomic mass is 9.44. The minimum Gasteiger partial charge on any atom is -0.511 e. The number of aryl methyl sites for hydroxylation is 1. The molecule has 0 amide bonds. The molecule has 7 heteroatoms. The molecule has 4 aliphatic carbocycles. The van der Waals surface area contributed by atoms with Crippen LogP contribution in [0.3, 0.4) is 0 Å². The van der Waals surface area contributed by atoms with Gasteiger partial charge in [-0.2, -0.15) is 0 Å². The quantitative estimate of drug-likeness (QED) is 0.205. The average molecular weight is 683 g/mol. The maximum absolute atomic E-state index is 14.6. The highest BCUT2D eigenvalue weighted by molar-refractivity contribution is 6.25. The summed E-state index contributed by atoms with van der Waals surface area (Å²) < 4.78 is 0. The number of phenolic OH excluding ortho intramolecular Hbond substituents is 1. The lowest BCUT2D eigenvalue weighted by Crippen LogP contribution is -2.67. The van der Waals surface area contributed by atoms with Crippen LogP contribution >= 0.6 is 0 Å². The minimum atomic E-state index is -2.62. The third-order valence-electron chi connectivity index (χ3n) is 13.0. The second-order valence-electron chi connectivity index (χ2n) is 16.7. The van der Waals surface area contributed by atoms with Gasteiger partial charge in [-0.15, -0.1) is 0 Å². The Morgan fingerprint density at radius 3 is 2.20 bits per heavy atom. The molecular formula is C43H54O7. The van der Waals surface area contributed by atoms with E-state index in [-0.39, 0.29) is 41.4 Å². The minimum absolute atomic E-state index is 0.0536. The molecule has 0 spiro atoms. The van der Waals surface area contributed by atoms with Gasteiger partial charge in [-0.1, -0.05) is 91.5 Å². The van der Waals surface area contributed by atoms with E-state index in [2.05, 4.69) is 32.0 Å². The Morgan fingerprint density at radius 1 is 0.940 bits per heavy atom. The summed E-state index contributed by atoms with van der Waals surface area (Å²) in [5.74, 6) is -3.58. The van der Waals surface area contributed by atoms with Crippen molar-refractivity contribution < 1.29 is 34.8 Å². The number of rotatable bonds is 8. The molecule has 1 fully saturated rings. The van der Waals surface area contributed by atoms with Crippen LogP contribution < -0.4 is 0 Å². The molecule has 2 aromatic carbocycles. The molecule has 4 N–H and O–H groups in total. The maximum Gasteiger partial charge on any atom is 0.209 e. The van der Waals surface area contributed by atoms with Gasteiger partial charge in [-0.3, -0.25) is 14.4 Å². The predicted octanol–water partition coefficient (Wildman–Crippen LogP) is 8.72. The molecule has 50 heavy (non-hydrogen) atoms. The van der Waals surface area contributed by atoms with Crippen molar-refractivity contribution >= 4 is 17.3 Å². The fraction of sp³-hybridized carbons (Fsp3) is 0.558. The van der Waals surface area contributed by atoms with E-state index in [0.29, 0.717) is 11.5 Å². The third-order valence-corrected chi connectivity index (χ3v) is 13.0. The van der Waals surface area contributed by atoms with Crippen LogP contribution in [0.5, 0.6) is 5.75 Å². The van der Waals surface area contributed by atoms with Crippen LogP contribution in [0.2, 0.25) is 0 Å². The summed E-state index contributed by atoms with van der Waals surface area (Å²) >= 11 is 0. The zero-order valence-corrected chi connectivity index (χ0v) is 30.8. The summed E-state index contributed by atoms with van der Waals surface area (Å²) in [6.45, 7) is 12.8. The van der Waals surface area contributed by atoms with Crippen molar-refractivity contribution in [2.24, 2.45) is 34.5 Å². The first kappa shape index (κ1) is 36.1. The fourth-order valence-corrected chi connectivity index (χ4v) is 10.8. The van der Waals surface area contributed by atoms with Gasteiger partial charge < -0.3 is 20.4 Å². The third kappa shape index (κ3) is 5.29. The number of carbonyl (C=O) groups excluding carboxylic acids is 3. The van der Waals surface area contributed by atoms with Crippen LogP contribution in [0, 0.1) is 34.5 Å². The van der Waals surface area contributed by atoms with Crippen LogP contribution in [0.4, 0.5) is 0 Å². The molecule has 0 radical (unpaired) electrons. The van der Waals surface area contributed by atoms with Gasteiger partial charge >= 0.3 is 0 Å². The second kappa shape index (κ2) is 12.8. The Hall–Kier alpha value is -3.71. The molecule has 0 saturated heterocycles. The summed E-state index contributed by atoms with van der Waals surface area (Å²) in [6, 6.07) is 9.88. The van der Waals surface area contributed by atoms with Crippen LogP contribution in [0.1, 0.15) is 120 Å². The highest BCUT2D eigenvalue weighted by atomic mass is 16.3. The van der Waals surface area contributed by atoms with Gasteiger partial charge in [-0.25, -0.2) is 0 Å². The lowest BCUT2D eigenvalue weighted by Gasteiger charge is -2.59. The number of allylic oxidation sites excluding steroid dienone is 2. The van der Waals surface area contributed by atoms with Crippen molar-refractivity contribution in [1.82, 2.24) is 0 Å². The van der Waals surface area contributed by atoms with Crippen molar-refractivity contribution in [2.45, 2.75) is 118 Å². The molecule has 0 heterocycles. The standard InChI is InChI=1S/C43H54O7/c1-8-10-25-11-13-26(14-12-25)19-29-20-28(16-15-27(29)9-2)30-17-18-32(45)34-31(30)21-41(6)22-42(7)35(23(3)4)37(46)33(24(5)44)39(48)43(42,50)40(49)36(41)38(34)47/h15-18,20,23,25-26,35,45-46,49-50H,8-14,19,21-22H2,1-7H3/t25?,26?,35?,41-,42-,43+/m1/s1. The van der Waals surface area contributed by atoms with Gasteiger partial charge in [0.1, 0.15) is 22.8 Å². The largest absolute Gasteiger partial charge is 0.511 e. The molecule has 2 aromatic rings. The number of benzene rings is 2. The van der Waals surface area contributed by atoms with Crippen molar-refractivity contribution in [2.75, 3.05) is 0 Å². The van der Waals surface area contributed by atoms with E-state index >= 15 is 0 Å². The van der Waals surface area contributed by atoms with E-state index in [0.717, 1.165) is 36.8 Å². The van der Waals surface area contributed by atoms with Gasteiger partial charge in [0.25, 0.3) is 0 Å². The number of carbonyl (C=O) groups is 3. The van der Waals surface area contributed by atoms with Crippen LogP contribution in [0.25, 0.3) is 11.1 Å². The van der Waals surface area contributed by atoms with Gasteiger partial charge in [0.15, 0.2) is 17.2 Å². The van der Waals surface area contributed by atoms with E-state index in [4.69, 9.17) is 0 Å². The van der Waals surface area contributed by atoms with E-state index in [1.54, 1.807) is 6.92 Å². The highest BCUT2D eigenvalue weighted by Crippen LogP contribution is 2.65. The molecular weight excluding hydrogens is 628 g/mol. The van der Waals surface area contributed by atoms with Gasteiger partial charge in [-0.05, 0) is 97.1 Å². The fourth-order valence-electron chi connectivity index (χ4n) is 10.8. The number of phenols is 1. The molecule has 0 bridgehead atoms. The van der Waals surface area contributed by atoms with Gasteiger partial charge in [0.2, 0.25) is 5.78 Å². The van der Waals surface area contributed by atoms with Crippen LogP contribution in [-0.2, 0) is 28.9 Å². The first-order valence-electron chi connectivity index (χ1n) is 18.7. The van der Waals surface area contributed by atoms with Crippen molar-refractivity contribution in [1.29, 1.82) is 0 Å². The number of hydrogen-bond donors (Lipinski definition) is 4. The van der Waals surface area contributed by atoms with E-state index in [1.165, 1.54) is 55.7 Å². The Kier molecular flexibility index (Phi) is 9.24. The number of Topliss-reactive ketones (excluding diaryl/α,β-unsaturated/α-hetero) is 3. The predicted molar refractivity (Wildman–Crippen MR) is 194 cm³/mol. The highest BCUT2D eigenvalue weighted by Gasteiger charge is 2.71. The smallest absolute Gasteiger partial charge is 0.209 e. The van der Waals surface area contributed by atoms with Crippen molar-refractivity contribution in [3.8, 4) is 16.9 Å². The summed E-state index contributed by atoms with van der Waals surface area (Å²) in [5, 5.41) is 47.0. The normalized spacial score (nSPS) is 31.1. The number of ketones is 3. The Labute approximate surface area is 296 Å². The summed E-state index contributed by atoms with van der Waals surface area (Å²) in [4.78, 5) is 41.2. The second-order valence-corrected chi connectivity index (χ2v) is 16.7. The molecule has 0 aliphatic heterocycles. The molecule has 0 aromatic heterocycles. The van der Waals surface area contributed by atoms with Crippen LogP contribution in [-0.4, -0.2) is 43.4 Å². The molecule has 4 atom stereocenters. The van der Waals surface area contributed by atoms with E-state index in [1.807, 2.05) is 26.8 Å². The summed E-state index contributed by atoms with van der Waals surface area (Å²) in [6.07, 6.45) is 9.85. The maximum atomic E-state index is 14.6. The van der Waals surface area contributed by atoms with E-state index in [9.17, 15) is 34.8 Å². The summed E-state index contributed by atoms with van der Waals surface area (Å²) in [7, 11) is 0. The van der Waals surface area contributed by atoms with Crippen LogP contribution in [0.15, 0.2) is 53.0 Å². The van der Waals surface area contributed by atoms with E-state index < -0.39 is 51.0 Å².